The topological polar surface area (TPSA) is 108 Å². The number of carbonyl (C=O) groups excluding carboxylic acids is 2. The van der Waals surface area contributed by atoms with Gasteiger partial charge in [-0.05, 0) is 0 Å². The Labute approximate surface area is 185 Å². The Kier molecular flexibility index (Phi) is 11.3. The number of carboxylic acids is 1. The number of aliphatic carboxylic acids is 1. The number of rotatable bonds is 11. The van der Waals surface area contributed by atoms with Crippen molar-refractivity contribution in [1.82, 2.24) is 0 Å². The number of hydrogen-bond donors (Lipinski definition) is 1. The zero-order valence-electron chi connectivity index (χ0n) is 17.9. The van der Waals surface area contributed by atoms with Gasteiger partial charge in [0.25, 0.3) is 0 Å². The molecule has 0 saturated heterocycles. The minimum absolute atomic E-state index is 0.0129. The van der Waals surface area contributed by atoms with Crippen molar-refractivity contribution in [3.63, 3.8) is 0 Å². The molecule has 1 N–H and O–H groups in total. The summed E-state index contributed by atoms with van der Waals surface area (Å²) < 4.78 is 20.3. The molecular weight excluding hydrogens is 455 g/mol. The van der Waals surface area contributed by atoms with Crippen LogP contribution in [0.3, 0.4) is 0 Å². The van der Waals surface area contributed by atoms with Crippen molar-refractivity contribution in [1.29, 1.82) is 0 Å². The molecule has 0 radical (unpaired) electrons. The van der Waals surface area contributed by atoms with Gasteiger partial charge in [0.05, 0.1) is 0 Å². The van der Waals surface area contributed by atoms with Crippen molar-refractivity contribution in [2.45, 2.75) is 76.7 Å². The van der Waals surface area contributed by atoms with Crippen molar-refractivity contribution in [3.8, 4) is 11.5 Å². The predicted molar refractivity (Wildman–Crippen MR) is 113 cm³/mol. The molecule has 0 fully saturated rings. The molecule has 1 aromatic rings. The molecule has 0 aliphatic rings. The van der Waals surface area contributed by atoms with Crippen LogP contribution < -0.4 is 9.47 Å². The number of carbonyl (C=O) groups is 3. The van der Waals surface area contributed by atoms with Crippen molar-refractivity contribution in [2.24, 2.45) is 0 Å². The quantitative estimate of drug-likeness (QED) is 0.283. The summed E-state index contributed by atoms with van der Waals surface area (Å²) in [6.45, 7) is 7.45. The summed E-state index contributed by atoms with van der Waals surface area (Å²) >= 11 is 1.07. The molecule has 8 nitrogen and oxygen atoms in total. The number of carboxylic acid groups (broad SMARTS) is 1. The normalized spacial score (nSPS) is 13.6. The summed E-state index contributed by atoms with van der Waals surface area (Å²) in [6, 6.07) is 4.53. The van der Waals surface area contributed by atoms with Gasteiger partial charge in [-0.25, -0.2) is 0 Å². The first-order valence-corrected chi connectivity index (χ1v) is 11.4. The molecule has 1 rings (SSSR count). The second-order valence-corrected chi connectivity index (χ2v) is 8.76. The summed E-state index contributed by atoms with van der Waals surface area (Å²) in [5, 5.41) is 9.13. The minimum atomic E-state index is -0.929. The summed E-state index contributed by atoms with van der Waals surface area (Å²) in [7, 11) is 0. The second-order valence-electron chi connectivity index (χ2n) is 7.07. The first-order chi connectivity index (χ1) is 14.2. The van der Waals surface area contributed by atoms with Gasteiger partial charge in [-0.2, -0.15) is 0 Å². The maximum atomic E-state index is 12.1. The second kappa shape index (κ2) is 13.2. The van der Waals surface area contributed by atoms with Gasteiger partial charge >= 0.3 is 179 Å². The van der Waals surface area contributed by atoms with E-state index >= 15 is 0 Å². The van der Waals surface area contributed by atoms with Crippen LogP contribution in [0.1, 0.15) is 58.9 Å². The monoisotopic (exact) mass is 486 g/mol. The molecule has 0 heterocycles. The Morgan fingerprint density at radius 2 is 1.43 bits per heavy atom. The number of ether oxygens (including phenoxy) is 4. The van der Waals surface area contributed by atoms with Gasteiger partial charge in [0.2, 0.25) is 0 Å². The Morgan fingerprint density at radius 3 is 1.90 bits per heavy atom. The molecule has 0 aliphatic carbocycles. The van der Waals surface area contributed by atoms with Crippen LogP contribution in [-0.2, 0) is 20.7 Å². The van der Waals surface area contributed by atoms with Crippen molar-refractivity contribution in [3.05, 3.63) is 23.8 Å². The SMILES string of the molecule is CCCC(C)OC(=O)Oc1ccc(C[C@H]([AsH2])C(=O)O)cc1OC(=O)OC(C)CCC. The van der Waals surface area contributed by atoms with Crippen LogP contribution >= 0.6 is 0 Å². The van der Waals surface area contributed by atoms with Crippen LogP contribution in [0, 0.1) is 0 Å². The van der Waals surface area contributed by atoms with Gasteiger partial charge in [0.15, 0.2) is 0 Å². The van der Waals surface area contributed by atoms with E-state index < -0.39 is 23.0 Å². The van der Waals surface area contributed by atoms with Gasteiger partial charge in [-0.3, -0.25) is 0 Å². The van der Waals surface area contributed by atoms with E-state index in [2.05, 4.69) is 0 Å². The van der Waals surface area contributed by atoms with Gasteiger partial charge in [-0.1, -0.05) is 6.92 Å². The zero-order valence-corrected chi connectivity index (χ0v) is 20.3. The average Bonchev–Trinajstić information content (AvgIpc) is 2.63. The summed E-state index contributed by atoms with van der Waals surface area (Å²) in [5.74, 6) is -0.966. The van der Waals surface area contributed by atoms with E-state index in [1.807, 2.05) is 13.8 Å². The van der Waals surface area contributed by atoms with Gasteiger partial charge in [-0.15, -0.1) is 0 Å². The molecule has 3 unspecified atom stereocenters. The predicted octanol–water partition coefficient (Wildman–Crippen LogP) is 4.14. The Morgan fingerprint density at radius 1 is 0.933 bits per heavy atom. The van der Waals surface area contributed by atoms with Crippen LogP contribution in [0.5, 0.6) is 11.5 Å². The third-order valence-electron chi connectivity index (χ3n) is 4.15. The van der Waals surface area contributed by atoms with Crippen LogP contribution in [0.15, 0.2) is 18.2 Å². The fourth-order valence-corrected chi connectivity index (χ4v) is 3.24. The fraction of sp³-hybridized carbons (Fsp3) is 0.571. The zero-order chi connectivity index (χ0) is 22.7. The third kappa shape index (κ3) is 9.52. The number of hydrogen-bond acceptors (Lipinski definition) is 7. The molecule has 0 bridgehead atoms. The first-order valence-electron chi connectivity index (χ1n) is 10.0. The molecule has 4 atom stereocenters. The van der Waals surface area contributed by atoms with E-state index in [0.29, 0.717) is 18.4 Å². The summed E-state index contributed by atoms with van der Waals surface area (Å²) in [4.78, 5) is 35.3. The van der Waals surface area contributed by atoms with E-state index in [4.69, 9.17) is 24.1 Å². The van der Waals surface area contributed by atoms with Gasteiger partial charge in [0.1, 0.15) is 0 Å². The maximum absolute atomic E-state index is 12.1. The molecule has 0 aromatic heterocycles. The van der Waals surface area contributed by atoms with Gasteiger partial charge < -0.3 is 0 Å². The Hall–Kier alpha value is -2.21. The van der Waals surface area contributed by atoms with Crippen molar-refractivity contribution >= 4 is 35.1 Å². The Bertz CT molecular complexity index is 721. The standard InChI is InChI=1S/C21H31AsO8/c1-5-7-13(3)27-20(25)29-17-10-9-15(11-16(22)19(23)24)12-18(17)30-21(26)28-14(4)8-6-2/h9-10,12-14,16H,5-8,11,22H2,1-4H3,(H,23,24)/t13?,14?,16-/m0/s1. The van der Waals surface area contributed by atoms with E-state index in [-0.39, 0.29) is 30.1 Å². The molecule has 0 aliphatic heterocycles. The van der Waals surface area contributed by atoms with Gasteiger partial charge in [0, 0.05) is 0 Å². The van der Waals surface area contributed by atoms with E-state index in [9.17, 15) is 14.4 Å². The molecule has 30 heavy (non-hydrogen) atoms. The molecule has 0 amide bonds. The fourth-order valence-electron chi connectivity index (χ4n) is 2.67. The van der Waals surface area contributed by atoms with Crippen molar-refractivity contribution < 1.29 is 38.4 Å². The summed E-state index contributed by atoms with van der Waals surface area (Å²) in [6.07, 6.45) is 0.813. The van der Waals surface area contributed by atoms with E-state index in [1.54, 1.807) is 19.9 Å². The molecular formula is C21H31AsO8. The molecule has 0 saturated carbocycles. The van der Waals surface area contributed by atoms with Crippen LogP contribution in [-0.4, -0.2) is 52.4 Å². The third-order valence-corrected chi connectivity index (χ3v) is 5.25. The molecule has 1 aromatic carbocycles. The average molecular weight is 486 g/mol. The Balaban J connectivity index is 3.00. The van der Waals surface area contributed by atoms with E-state index in [1.165, 1.54) is 12.1 Å². The molecule has 9 heteroatoms. The molecule has 0 spiro atoms. The number of benzene rings is 1. The van der Waals surface area contributed by atoms with Crippen molar-refractivity contribution in [2.75, 3.05) is 0 Å². The molecule has 168 valence electrons. The van der Waals surface area contributed by atoms with E-state index in [0.717, 1.165) is 29.7 Å². The van der Waals surface area contributed by atoms with Crippen LogP contribution in [0.4, 0.5) is 9.59 Å². The first kappa shape index (κ1) is 25.8. The van der Waals surface area contributed by atoms with Crippen LogP contribution in [0.2, 0.25) is 4.71 Å². The van der Waals surface area contributed by atoms with Crippen LogP contribution in [0.25, 0.3) is 0 Å². The summed E-state index contributed by atoms with van der Waals surface area (Å²) in [5.41, 5.74) is 0.622.